The molecule has 2 aromatic heterocycles. The number of aryl methyl sites for hydroxylation is 1. The van der Waals surface area contributed by atoms with Gasteiger partial charge in [0.1, 0.15) is 11.5 Å². The maximum absolute atomic E-state index is 6.41. The van der Waals surface area contributed by atoms with Crippen molar-refractivity contribution < 1.29 is 4.52 Å². The zero-order chi connectivity index (χ0) is 17.4. The van der Waals surface area contributed by atoms with E-state index in [9.17, 15) is 0 Å². The topological polar surface area (TPSA) is 51.8 Å². The Morgan fingerprint density at radius 1 is 1.08 bits per heavy atom. The molecule has 5 heteroatoms. The first-order chi connectivity index (χ1) is 12.1. The Balaban J connectivity index is 1.57. The van der Waals surface area contributed by atoms with Crippen molar-refractivity contribution in [3.05, 3.63) is 28.3 Å². The summed E-state index contributed by atoms with van der Waals surface area (Å²) in [6.07, 6.45) is 11.5. The summed E-state index contributed by atoms with van der Waals surface area (Å²) in [5.74, 6) is 3.94. The van der Waals surface area contributed by atoms with E-state index >= 15 is 0 Å². The molecule has 2 heterocycles. The van der Waals surface area contributed by atoms with Crippen LogP contribution in [0.1, 0.15) is 62.5 Å². The molecule has 0 aromatic carbocycles. The van der Waals surface area contributed by atoms with Crippen LogP contribution in [0.5, 0.6) is 0 Å². The van der Waals surface area contributed by atoms with Gasteiger partial charge < -0.3 is 4.52 Å². The van der Waals surface area contributed by atoms with Crippen LogP contribution in [0.3, 0.4) is 0 Å². The van der Waals surface area contributed by atoms with Gasteiger partial charge in [-0.05, 0) is 56.8 Å². The molecule has 2 fully saturated rings. The first kappa shape index (κ1) is 17.0. The molecule has 0 unspecified atom stereocenters. The van der Waals surface area contributed by atoms with E-state index in [2.05, 4.69) is 17.1 Å². The first-order valence-corrected chi connectivity index (χ1v) is 9.95. The quantitative estimate of drug-likeness (QED) is 0.715. The van der Waals surface area contributed by atoms with Gasteiger partial charge in [-0.1, -0.05) is 36.5 Å². The Hall–Kier alpha value is -1.42. The van der Waals surface area contributed by atoms with Crippen molar-refractivity contribution in [1.82, 2.24) is 15.1 Å². The van der Waals surface area contributed by atoms with Gasteiger partial charge in [0.15, 0.2) is 5.76 Å². The third-order valence-corrected chi connectivity index (χ3v) is 6.07. The van der Waals surface area contributed by atoms with Gasteiger partial charge in [-0.25, -0.2) is 9.97 Å². The van der Waals surface area contributed by atoms with Crippen LogP contribution in [0.15, 0.2) is 10.7 Å². The van der Waals surface area contributed by atoms with Crippen LogP contribution in [-0.2, 0) is 12.8 Å². The van der Waals surface area contributed by atoms with Crippen LogP contribution in [0.25, 0.3) is 11.5 Å². The molecule has 25 heavy (non-hydrogen) atoms. The Labute approximate surface area is 154 Å². The highest BCUT2D eigenvalue weighted by molar-refractivity contribution is 6.32. The minimum absolute atomic E-state index is 0.550. The van der Waals surface area contributed by atoms with E-state index in [1.54, 1.807) is 6.20 Å². The molecule has 2 aromatic rings. The fourth-order valence-electron chi connectivity index (χ4n) is 3.88. The second-order valence-corrected chi connectivity index (χ2v) is 8.44. The van der Waals surface area contributed by atoms with Crippen molar-refractivity contribution in [1.29, 1.82) is 0 Å². The van der Waals surface area contributed by atoms with Gasteiger partial charge in [0, 0.05) is 18.2 Å². The average molecular weight is 360 g/mol. The molecular weight excluding hydrogens is 334 g/mol. The minimum atomic E-state index is 0.550. The summed E-state index contributed by atoms with van der Waals surface area (Å²) >= 11 is 6.41. The number of rotatable bonds is 5. The van der Waals surface area contributed by atoms with Gasteiger partial charge in [0.2, 0.25) is 0 Å². The highest BCUT2D eigenvalue weighted by Gasteiger charge is 2.28. The fourth-order valence-corrected chi connectivity index (χ4v) is 4.06. The molecule has 0 N–H and O–H groups in total. The van der Waals surface area contributed by atoms with E-state index in [0.29, 0.717) is 16.6 Å². The smallest absolute Gasteiger partial charge is 0.190 e. The van der Waals surface area contributed by atoms with Crippen molar-refractivity contribution >= 4 is 11.6 Å². The minimum Gasteiger partial charge on any atom is -0.354 e. The summed E-state index contributed by atoms with van der Waals surface area (Å²) in [7, 11) is 0. The summed E-state index contributed by atoms with van der Waals surface area (Å²) in [4.78, 5) is 9.26. The molecule has 0 saturated heterocycles. The summed E-state index contributed by atoms with van der Waals surface area (Å²) < 4.78 is 5.63. The zero-order valence-corrected chi connectivity index (χ0v) is 15.9. The molecule has 4 nitrogen and oxygen atoms in total. The van der Waals surface area contributed by atoms with E-state index in [1.165, 1.54) is 44.1 Å². The second kappa shape index (κ2) is 7.06. The molecule has 0 bridgehead atoms. The van der Waals surface area contributed by atoms with Crippen LogP contribution >= 0.6 is 11.6 Å². The first-order valence-electron chi connectivity index (χ1n) is 9.57. The molecule has 2 aliphatic rings. The SMILES string of the molecule is Cc1noc(-c2nc(CC3CCC(C)CC3)ncc2Cl)c1CC1CC1. The van der Waals surface area contributed by atoms with Crippen LogP contribution in [0.2, 0.25) is 5.02 Å². The standard InChI is InChI=1S/C20H26ClN3O/c1-12-3-5-15(6-4-12)10-18-22-11-17(21)19(23-18)20-16(9-14-7-8-14)13(2)24-25-20/h11-12,14-15H,3-10H2,1-2H3. The van der Waals surface area contributed by atoms with Crippen molar-refractivity contribution in [2.75, 3.05) is 0 Å². The highest BCUT2D eigenvalue weighted by atomic mass is 35.5. The van der Waals surface area contributed by atoms with Gasteiger partial charge in [0.05, 0.1) is 10.7 Å². The highest BCUT2D eigenvalue weighted by Crippen LogP contribution is 2.38. The van der Waals surface area contributed by atoms with Crippen molar-refractivity contribution in [2.24, 2.45) is 17.8 Å². The summed E-state index contributed by atoms with van der Waals surface area (Å²) in [6.45, 7) is 4.35. The number of halogens is 1. The lowest BCUT2D eigenvalue weighted by Crippen LogP contribution is -2.15. The molecule has 0 radical (unpaired) electrons. The number of hydrogen-bond donors (Lipinski definition) is 0. The van der Waals surface area contributed by atoms with Crippen molar-refractivity contribution in [3.63, 3.8) is 0 Å². The lowest BCUT2D eigenvalue weighted by Gasteiger charge is -2.25. The molecule has 0 amide bonds. The molecule has 2 aliphatic carbocycles. The molecule has 4 rings (SSSR count). The van der Waals surface area contributed by atoms with Crippen molar-refractivity contribution in [3.8, 4) is 11.5 Å². The van der Waals surface area contributed by atoms with Crippen LogP contribution < -0.4 is 0 Å². The Bertz CT molecular complexity index is 745. The molecule has 0 spiro atoms. The predicted octanol–water partition coefficient (Wildman–Crippen LogP) is 5.41. The number of aromatic nitrogens is 3. The molecule has 0 atom stereocenters. The van der Waals surface area contributed by atoms with E-state index in [4.69, 9.17) is 21.1 Å². The largest absolute Gasteiger partial charge is 0.354 e. The maximum atomic E-state index is 6.41. The van der Waals surface area contributed by atoms with Gasteiger partial charge in [-0.2, -0.15) is 0 Å². The Kier molecular flexibility index (Phi) is 4.81. The van der Waals surface area contributed by atoms with E-state index in [0.717, 1.165) is 42.0 Å². The predicted molar refractivity (Wildman–Crippen MR) is 98.5 cm³/mol. The third kappa shape index (κ3) is 3.89. The fraction of sp³-hybridized carbons (Fsp3) is 0.650. The van der Waals surface area contributed by atoms with Gasteiger partial charge in [0.25, 0.3) is 0 Å². The summed E-state index contributed by atoms with van der Waals surface area (Å²) in [6, 6.07) is 0. The van der Waals surface area contributed by atoms with E-state index in [-0.39, 0.29) is 0 Å². The van der Waals surface area contributed by atoms with Gasteiger partial charge in [-0.15, -0.1) is 0 Å². The lowest BCUT2D eigenvalue weighted by molar-refractivity contribution is 0.286. The van der Waals surface area contributed by atoms with Crippen LogP contribution in [0, 0.1) is 24.7 Å². The second-order valence-electron chi connectivity index (χ2n) is 8.04. The Morgan fingerprint density at radius 3 is 2.48 bits per heavy atom. The molecule has 134 valence electrons. The van der Waals surface area contributed by atoms with Gasteiger partial charge >= 0.3 is 0 Å². The lowest BCUT2D eigenvalue weighted by atomic mass is 9.81. The van der Waals surface area contributed by atoms with E-state index in [1.807, 2.05) is 6.92 Å². The molecular formula is C20H26ClN3O. The van der Waals surface area contributed by atoms with Crippen LogP contribution in [0.4, 0.5) is 0 Å². The Morgan fingerprint density at radius 2 is 1.76 bits per heavy atom. The average Bonchev–Trinajstić information content (AvgIpc) is 3.35. The normalized spacial score (nSPS) is 23.8. The van der Waals surface area contributed by atoms with Crippen molar-refractivity contribution in [2.45, 2.75) is 65.2 Å². The maximum Gasteiger partial charge on any atom is 0.190 e. The summed E-state index contributed by atoms with van der Waals surface area (Å²) in [5, 5.41) is 4.72. The zero-order valence-electron chi connectivity index (χ0n) is 15.1. The third-order valence-electron chi connectivity index (χ3n) is 5.79. The monoisotopic (exact) mass is 359 g/mol. The molecule has 2 saturated carbocycles. The number of nitrogens with zero attached hydrogens (tertiary/aromatic N) is 3. The van der Waals surface area contributed by atoms with Gasteiger partial charge in [-0.3, -0.25) is 0 Å². The summed E-state index contributed by atoms with van der Waals surface area (Å²) in [5.41, 5.74) is 2.84. The van der Waals surface area contributed by atoms with E-state index < -0.39 is 0 Å². The molecule has 0 aliphatic heterocycles. The van der Waals surface area contributed by atoms with Crippen LogP contribution in [-0.4, -0.2) is 15.1 Å². The number of hydrogen-bond acceptors (Lipinski definition) is 4.